The highest BCUT2D eigenvalue weighted by atomic mass is 16.3. The molecule has 0 radical (unpaired) electrons. The highest BCUT2D eigenvalue weighted by molar-refractivity contribution is 5.21. The molecule has 1 aromatic rings. The van der Waals surface area contributed by atoms with Crippen molar-refractivity contribution in [3.63, 3.8) is 0 Å². The minimum Gasteiger partial charge on any atom is -0.388 e. The smallest absolute Gasteiger partial charge is 0.271 e. The van der Waals surface area contributed by atoms with Crippen LogP contribution in [0.4, 0.5) is 0 Å². The van der Waals surface area contributed by atoms with Crippen LogP contribution < -0.4 is 0 Å². The maximum atomic E-state index is 8.77. The van der Waals surface area contributed by atoms with Gasteiger partial charge < -0.3 is 9.95 Å². The summed E-state index contributed by atoms with van der Waals surface area (Å²) in [6.45, 7) is 6.66. The molecule has 1 N–H and O–H groups in total. The van der Waals surface area contributed by atoms with Crippen LogP contribution in [0.3, 0.4) is 0 Å². The number of aliphatic hydroxyl groups is 1. The van der Waals surface area contributed by atoms with Crippen molar-refractivity contribution in [1.82, 2.24) is 0 Å². The first-order valence-electron chi connectivity index (χ1n) is 3.41. The Morgan fingerprint density at radius 3 is 2.45 bits per heavy atom. The Kier molecular flexibility index (Phi) is 2.65. The maximum Gasteiger partial charge on any atom is 0.271 e. The third-order valence-electron chi connectivity index (χ3n) is 1.51. The minimum atomic E-state index is -0.392. The Morgan fingerprint density at radius 1 is 1.36 bits per heavy atom. The molecule has 0 aliphatic rings. The van der Waals surface area contributed by atoms with Crippen molar-refractivity contribution in [2.75, 3.05) is 6.61 Å². The molecule has 0 heterocycles. The van der Waals surface area contributed by atoms with E-state index < -0.39 is 6.04 Å². The fourth-order valence-electron chi connectivity index (χ4n) is 0.896. The van der Waals surface area contributed by atoms with Crippen LogP contribution >= 0.6 is 0 Å². The third kappa shape index (κ3) is 1.79. The minimum absolute atomic E-state index is 0.104. The van der Waals surface area contributed by atoms with Gasteiger partial charge in [0.15, 0.2) is 0 Å². The van der Waals surface area contributed by atoms with Crippen molar-refractivity contribution in [1.29, 1.82) is 0 Å². The summed E-state index contributed by atoms with van der Waals surface area (Å²) in [6, 6.07) is 8.92. The molecule has 0 spiro atoms. The van der Waals surface area contributed by atoms with Gasteiger partial charge in [0.25, 0.3) is 6.04 Å². The number of benzene rings is 1. The molecule has 0 saturated carbocycles. The summed E-state index contributed by atoms with van der Waals surface area (Å²) in [6.07, 6.45) is 0. The molecule has 0 saturated heterocycles. The van der Waals surface area contributed by atoms with Crippen LogP contribution in [0, 0.1) is 6.57 Å². The fourth-order valence-corrected chi connectivity index (χ4v) is 0.896. The second-order valence-electron chi connectivity index (χ2n) is 2.24. The van der Waals surface area contributed by atoms with Gasteiger partial charge in [-0.3, -0.25) is 0 Å². The molecule has 0 aliphatic heterocycles. The topological polar surface area (TPSA) is 24.6 Å². The molecule has 1 rings (SSSR count). The van der Waals surface area contributed by atoms with E-state index in [9.17, 15) is 0 Å². The molecule has 1 unspecified atom stereocenters. The normalized spacial score (nSPS) is 12.0. The molecule has 1 atom stereocenters. The van der Waals surface area contributed by atoms with E-state index in [1.807, 2.05) is 30.3 Å². The lowest BCUT2D eigenvalue weighted by Crippen LogP contribution is -1.97. The second-order valence-corrected chi connectivity index (χ2v) is 2.24. The summed E-state index contributed by atoms with van der Waals surface area (Å²) in [5.41, 5.74) is 0.880. The highest BCUT2D eigenvalue weighted by Crippen LogP contribution is 2.15. The lowest BCUT2D eigenvalue weighted by molar-refractivity contribution is 0.282. The zero-order valence-electron chi connectivity index (χ0n) is 6.07. The van der Waals surface area contributed by atoms with E-state index >= 15 is 0 Å². The van der Waals surface area contributed by atoms with Gasteiger partial charge in [-0.05, 0) is 0 Å². The van der Waals surface area contributed by atoms with Crippen molar-refractivity contribution < 1.29 is 5.11 Å². The molecular formula is C9H9NO. The largest absolute Gasteiger partial charge is 0.388 e. The van der Waals surface area contributed by atoms with Crippen LogP contribution in [-0.4, -0.2) is 11.7 Å². The van der Waals surface area contributed by atoms with E-state index in [-0.39, 0.29) is 6.61 Å². The van der Waals surface area contributed by atoms with Crippen molar-refractivity contribution in [3.8, 4) is 0 Å². The highest BCUT2D eigenvalue weighted by Gasteiger charge is 2.11. The molecular weight excluding hydrogens is 138 g/mol. The maximum absolute atomic E-state index is 8.77. The Balaban J connectivity index is 2.85. The molecule has 1 aromatic carbocycles. The Hall–Kier alpha value is -1.33. The first-order valence-corrected chi connectivity index (χ1v) is 3.41. The quantitative estimate of drug-likeness (QED) is 0.632. The summed E-state index contributed by atoms with van der Waals surface area (Å²) < 4.78 is 0. The van der Waals surface area contributed by atoms with Crippen LogP contribution in [-0.2, 0) is 0 Å². The molecule has 0 bridgehead atoms. The van der Waals surface area contributed by atoms with Crippen molar-refractivity contribution >= 4 is 0 Å². The van der Waals surface area contributed by atoms with Gasteiger partial charge in [0.05, 0.1) is 0 Å². The van der Waals surface area contributed by atoms with Crippen LogP contribution in [0.2, 0.25) is 0 Å². The Bertz CT molecular complexity index is 250. The predicted molar refractivity (Wildman–Crippen MR) is 42.9 cm³/mol. The molecule has 0 fully saturated rings. The van der Waals surface area contributed by atoms with Gasteiger partial charge >= 0.3 is 0 Å². The third-order valence-corrected chi connectivity index (χ3v) is 1.51. The summed E-state index contributed by atoms with van der Waals surface area (Å²) in [4.78, 5) is 3.28. The Labute approximate surface area is 65.9 Å². The van der Waals surface area contributed by atoms with Gasteiger partial charge in [0, 0.05) is 5.56 Å². The van der Waals surface area contributed by atoms with Crippen LogP contribution in [0.1, 0.15) is 11.6 Å². The summed E-state index contributed by atoms with van der Waals surface area (Å²) in [5.74, 6) is 0. The zero-order chi connectivity index (χ0) is 8.10. The van der Waals surface area contributed by atoms with Gasteiger partial charge in [-0.1, -0.05) is 30.3 Å². The molecule has 2 heteroatoms. The van der Waals surface area contributed by atoms with Crippen molar-refractivity contribution in [2.24, 2.45) is 0 Å². The van der Waals surface area contributed by atoms with E-state index in [2.05, 4.69) is 4.85 Å². The SMILES string of the molecule is [C-]#[N+]C(CO)c1ccccc1. The van der Waals surface area contributed by atoms with E-state index in [0.717, 1.165) is 5.56 Å². The summed E-state index contributed by atoms with van der Waals surface area (Å²) >= 11 is 0. The molecule has 0 aromatic heterocycles. The number of aliphatic hydroxyl groups excluding tert-OH is 1. The Morgan fingerprint density at radius 2 is 2.00 bits per heavy atom. The first kappa shape index (κ1) is 7.77. The van der Waals surface area contributed by atoms with Crippen molar-refractivity contribution in [2.45, 2.75) is 6.04 Å². The average Bonchev–Trinajstić information content (AvgIpc) is 2.09. The van der Waals surface area contributed by atoms with Gasteiger partial charge in [-0.25, -0.2) is 6.57 Å². The summed E-state index contributed by atoms with van der Waals surface area (Å²) in [5, 5.41) is 8.77. The zero-order valence-corrected chi connectivity index (χ0v) is 6.07. The van der Waals surface area contributed by atoms with E-state index in [1.165, 1.54) is 0 Å². The van der Waals surface area contributed by atoms with Gasteiger partial charge in [-0.15, -0.1) is 0 Å². The number of hydrogen-bond donors (Lipinski definition) is 1. The van der Waals surface area contributed by atoms with Crippen LogP contribution in [0.5, 0.6) is 0 Å². The van der Waals surface area contributed by atoms with Gasteiger partial charge in [0.1, 0.15) is 6.61 Å². The van der Waals surface area contributed by atoms with Crippen LogP contribution in [0.25, 0.3) is 4.85 Å². The van der Waals surface area contributed by atoms with Crippen LogP contribution in [0.15, 0.2) is 30.3 Å². The van der Waals surface area contributed by atoms with Gasteiger partial charge in [-0.2, -0.15) is 0 Å². The molecule has 56 valence electrons. The lowest BCUT2D eigenvalue weighted by atomic mass is 10.1. The molecule has 0 aliphatic carbocycles. The number of hydrogen-bond acceptors (Lipinski definition) is 1. The van der Waals surface area contributed by atoms with E-state index in [1.54, 1.807) is 0 Å². The number of nitrogens with zero attached hydrogens (tertiary/aromatic N) is 1. The predicted octanol–water partition coefficient (Wildman–Crippen LogP) is 1.64. The van der Waals surface area contributed by atoms with Crippen molar-refractivity contribution in [3.05, 3.63) is 47.3 Å². The standard InChI is InChI=1S/C9H9NO/c1-10-9(7-11)8-5-3-2-4-6-8/h2-6,9,11H,7H2. The monoisotopic (exact) mass is 147 g/mol. The number of rotatable bonds is 2. The average molecular weight is 147 g/mol. The van der Waals surface area contributed by atoms with E-state index in [0.29, 0.717) is 0 Å². The lowest BCUT2D eigenvalue weighted by Gasteiger charge is -1.99. The second kappa shape index (κ2) is 3.75. The molecule has 0 amide bonds. The molecule has 2 nitrogen and oxygen atoms in total. The first-order chi connectivity index (χ1) is 5.38. The fraction of sp³-hybridized carbons (Fsp3) is 0.222. The summed E-state index contributed by atoms with van der Waals surface area (Å²) in [7, 11) is 0. The van der Waals surface area contributed by atoms with Gasteiger partial charge in [0.2, 0.25) is 0 Å². The van der Waals surface area contributed by atoms with E-state index in [4.69, 9.17) is 11.7 Å². The molecule has 11 heavy (non-hydrogen) atoms.